The molecule has 0 saturated heterocycles. The van der Waals surface area contributed by atoms with E-state index < -0.39 is 0 Å². The third-order valence-corrected chi connectivity index (χ3v) is 4.30. The summed E-state index contributed by atoms with van der Waals surface area (Å²) >= 11 is 0. The molecule has 0 nitrogen and oxygen atoms in total. The van der Waals surface area contributed by atoms with Crippen LogP contribution in [0.5, 0.6) is 0 Å². The summed E-state index contributed by atoms with van der Waals surface area (Å²) in [5.74, 6) is 0. The summed E-state index contributed by atoms with van der Waals surface area (Å²) in [6, 6.07) is 0. The Morgan fingerprint density at radius 1 is 0.667 bits per heavy atom. The molecule has 0 radical (unpaired) electrons. The van der Waals surface area contributed by atoms with E-state index in [1.165, 1.54) is 38.5 Å². The van der Waals surface area contributed by atoms with Crippen molar-refractivity contribution in [1.82, 2.24) is 0 Å². The first-order valence-electron chi connectivity index (χ1n) is 6.86. The van der Waals surface area contributed by atoms with E-state index in [0.29, 0.717) is 5.41 Å². The molecule has 0 aromatic rings. The average molecular weight is 210 g/mol. The lowest BCUT2D eigenvalue weighted by molar-refractivity contribution is 0.302. The van der Waals surface area contributed by atoms with Gasteiger partial charge in [-0.15, -0.1) is 0 Å². The fraction of sp³-hybridized carbons (Fsp3) is 0.867. The van der Waals surface area contributed by atoms with E-state index in [0.717, 1.165) is 0 Å². The smallest absolute Gasteiger partial charge is 0.00934 e. The van der Waals surface area contributed by atoms with Crippen LogP contribution in [-0.4, -0.2) is 0 Å². The van der Waals surface area contributed by atoms with E-state index in [1.54, 1.807) is 11.1 Å². The Kier molecular flexibility index (Phi) is 6.96. The van der Waals surface area contributed by atoms with Gasteiger partial charge in [-0.1, -0.05) is 52.7 Å². The summed E-state index contributed by atoms with van der Waals surface area (Å²) in [5, 5.41) is 0. The van der Waals surface area contributed by atoms with Gasteiger partial charge in [0.05, 0.1) is 0 Å². The normalized spacial score (nSPS) is 11.6. The summed E-state index contributed by atoms with van der Waals surface area (Å²) in [5.41, 5.74) is 3.97. The zero-order valence-corrected chi connectivity index (χ0v) is 11.7. The molecule has 0 heteroatoms. The van der Waals surface area contributed by atoms with Crippen molar-refractivity contribution in [2.45, 2.75) is 80.1 Å². The van der Waals surface area contributed by atoms with Gasteiger partial charge in [-0.05, 0) is 43.9 Å². The van der Waals surface area contributed by atoms with Gasteiger partial charge in [0.15, 0.2) is 0 Å². The van der Waals surface area contributed by atoms with Crippen LogP contribution in [0.2, 0.25) is 0 Å². The van der Waals surface area contributed by atoms with Crippen LogP contribution in [0.4, 0.5) is 0 Å². The first-order valence-corrected chi connectivity index (χ1v) is 6.86. The lowest BCUT2D eigenvalue weighted by Gasteiger charge is -2.35. The molecule has 0 amide bonds. The van der Waals surface area contributed by atoms with Gasteiger partial charge in [-0.3, -0.25) is 0 Å². The molecule has 0 bridgehead atoms. The van der Waals surface area contributed by atoms with Crippen LogP contribution >= 0.6 is 0 Å². The monoisotopic (exact) mass is 210 g/mol. The Hall–Kier alpha value is -0.260. The highest BCUT2D eigenvalue weighted by atomic mass is 14.3. The third-order valence-electron chi connectivity index (χ3n) is 4.30. The molecule has 0 unspecified atom stereocenters. The Bertz CT molecular complexity index is 180. The van der Waals surface area contributed by atoms with Crippen LogP contribution in [0, 0.1) is 5.41 Å². The van der Waals surface area contributed by atoms with Crippen LogP contribution in [-0.2, 0) is 0 Å². The maximum Gasteiger partial charge on any atom is -0.00934 e. The van der Waals surface area contributed by atoms with E-state index in [9.17, 15) is 0 Å². The van der Waals surface area contributed by atoms with Crippen molar-refractivity contribution in [1.29, 1.82) is 0 Å². The van der Waals surface area contributed by atoms with Gasteiger partial charge in [0.2, 0.25) is 0 Å². The first kappa shape index (κ1) is 14.7. The second kappa shape index (κ2) is 7.09. The Morgan fingerprint density at radius 2 is 1.07 bits per heavy atom. The van der Waals surface area contributed by atoms with Crippen LogP contribution in [0.1, 0.15) is 80.1 Å². The van der Waals surface area contributed by atoms with E-state index in [2.05, 4.69) is 41.5 Å². The van der Waals surface area contributed by atoms with Crippen LogP contribution in [0.25, 0.3) is 0 Å². The highest BCUT2D eigenvalue weighted by Gasteiger charge is 2.28. The van der Waals surface area contributed by atoms with E-state index in [4.69, 9.17) is 0 Å². The highest BCUT2D eigenvalue weighted by Crippen LogP contribution is 2.42. The average Bonchev–Trinajstić information content (AvgIpc) is 2.30. The second-order valence-electron chi connectivity index (χ2n) is 4.48. The summed E-state index contributed by atoms with van der Waals surface area (Å²) in [4.78, 5) is 0. The molecule has 0 atom stereocenters. The van der Waals surface area contributed by atoms with E-state index in [1.807, 2.05) is 0 Å². The molecule has 0 fully saturated rings. The van der Waals surface area contributed by atoms with Gasteiger partial charge in [0, 0.05) is 0 Å². The number of rotatable bonds is 7. The largest absolute Gasteiger partial charge is 0.0710 e. The van der Waals surface area contributed by atoms with Gasteiger partial charge in [0.1, 0.15) is 0 Å². The van der Waals surface area contributed by atoms with Crippen molar-refractivity contribution >= 4 is 0 Å². The lowest BCUT2D eigenvalue weighted by Crippen LogP contribution is -2.22. The molecule has 0 spiro atoms. The van der Waals surface area contributed by atoms with Crippen LogP contribution in [0.3, 0.4) is 0 Å². The van der Waals surface area contributed by atoms with E-state index >= 15 is 0 Å². The zero-order chi connectivity index (χ0) is 11.9. The van der Waals surface area contributed by atoms with Crippen molar-refractivity contribution < 1.29 is 0 Å². The predicted molar refractivity (Wildman–Crippen MR) is 71.2 cm³/mol. The Labute approximate surface area is 97.2 Å². The van der Waals surface area contributed by atoms with Gasteiger partial charge in [-0.2, -0.15) is 0 Å². The molecular weight excluding hydrogens is 180 g/mol. The van der Waals surface area contributed by atoms with Gasteiger partial charge >= 0.3 is 0 Å². The molecule has 90 valence electrons. The maximum absolute atomic E-state index is 2.35. The first-order chi connectivity index (χ1) is 7.15. The van der Waals surface area contributed by atoms with E-state index in [-0.39, 0.29) is 0 Å². The molecule has 0 heterocycles. The summed E-state index contributed by atoms with van der Waals surface area (Å²) in [6.07, 6.45) is 7.61. The number of hydrogen-bond acceptors (Lipinski definition) is 0. The predicted octanol–water partition coefficient (Wildman–Crippen LogP) is 5.73. The van der Waals surface area contributed by atoms with Crippen molar-refractivity contribution in [2.75, 3.05) is 0 Å². The van der Waals surface area contributed by atoms with Gasteiger partial charge in [0.25, 0.3) is 0 Å². The topological polar surface area (TPSA) is 0 Å². The molecule has 15 heavy (non-hydrogen) atoms. The van der Waals surface area contributed by atoms with Gasteiger partial charge in [-0.25, -0.2) is 0 Å². The zero-order valence-electron chi connectivity index (χ0n) is 11.7. The molecule has 0 saturated carbocycles. The van der Waals surface area contributed by atoms with Crippen molar-refractivity contribution in [3.63, 3.8) is 0 Å². The summed E-state index contributed by atoms with van der Waals surface area (Å²) in [6.45, 7) is 14.0. The lowest BCUT2D eigenvalue weighted by atomic mass is 9.70. The molecule has 0 aromatic heterocycles. The molecule has 0 aliphatic heterocycles. The minimum absolute atomic E-state index is 0.496. The Balaban J connectivity index is 5.30. The van der Waals surface area contributed by atoms with Crippen molar-refractivity contribution in [3.8, 4) is 0 Å². The molecule has 0 N–H and O–H groups in total. The quantitative estimate of drug-likeness (QED) is 0.471. The number of allylic oxidation sites excluding steroid dienone is 2. The standard InChI is InChI=1S/C15H30/c1-7-13(8-2)14(9-3)15(10-4,11-5)12-6/h7-12H2,1-6H3. The maximum atomic E-state index is 2.35. The molecule has 0 aromatic carbocycles. The minimum atomic E-state index is 0.496. The van der Waals surface area contributed by atoms with Crippen LogP contribution < -0.4 is 0 Å². The highest BCUT2D eigenvalue weighted by molar-refractivity contribution is 5.21. The summed E-state index contributed by atoms with van der Waals surface area (Å²) in [7, 11) is 0. The third kappa shape index (κ3) is 3.09. The van der Waals surface area contributed by atoms with Crippen LogP contribution in [0.15, 0.2) is 11.1 Å². The Morgan fingerprint density at radius 3 is 1.27 bits per heavy atom. The molecular formula is C15H30. The second-order valence-corrected chi connectivity index (χ2v) is 4.48. The van der Waals surface area contributed by atoms with Gasteiger partial charge < -0.3 is 0 Å². The minimum Gasteiger partial charge on any atom is -0.0710 e. The SMILES string of the molecule is CCC(CC)=C(CC)C(CC)(CC)CC. The fourth-order valence-corrected chi connectivity index (χ4v) is 3.07. The molecule has 0 aliphatic rings. The molecule has 0 rings (SSSR count). The van der Waals surface area contributed by atoms with Crippen molar-refractivity contribution in [3.05, 3.63) is 11.1 Å². The number of hydrogen-bond donors (Lipinski definition) is 0. The fourth-order valence-electron chi connectivity index (χ4n) is 3.07. The summed E-state index contributed by atoms with van der Waals surface area (Å²) < 4.78 is 0. The molecule has 0 aliphatic carbocycles. The van der Waals surface area contributed by atoms with Crippen molar-refractivity contribution in [2.24, 2.45) is 5.41 Å².